The lowest BCUT2D eigenvalue weighted by atomic mass is 10.1. The van der Waals surface area contributed by atoms with E-state index in [1.165, 1.54) is 23.4 Å². The van der Waals surface area contributed by atoms with Crippen molar-refractivity contribution in [3.63, 3.8) is 0 Å². The standard InChI is InChI=1S/C13H18N2O3S.ClH/c1-10(16)11-4-2-6-13(8-11)19(17,18)15-7-3-5-12(14)9-15;/h2,4,6,8,12H,3,5,7,9,14H2,1H3;1H/t12-;/m1./s1. The van der Waals surface area contributed by atoms with Gasteiger partial charge in [-0.05, 0) is 31.9 Å². The predicted molar refractivity (Wildman–Crippen MR) is 79.7 cm³/mol. The Kier molecular flexibility index (Phi) is 5.70. The number of nitrogens with zero attached hydrogens (tertiary/aromatic N) is 1. The average molecular weight is 319 g/mol. The van der Waals surface area contributed by atoms with Crippen LogP contribution in [0.1, 0.15) is 30.1 Å². The monoisotopic (exact) mass is 318 g/mol. The van der Waals surface area contributed by atoms with Crippen LogP contribution in [-0.2, 0) is 10.0 Å². The fraction of sp³-hybridized carbons (Fsp3) is 0.462. The Balaban J connectivity index is 0.00000200. The lowest BCUT2D eigenvalue weighted by Gasteiger charge is -2.29. The normalized spacial score (nSPS) is 20.2. The van der Waals surface area contributed by atoms with Gasteiger partial charge in [0.25, 0.3) is 0 Å². The number of nitrogens with two attached hydrogens (primary N) is 1. The third-order valence-corrected chi connectivity index (χ3v) is 5.16. The zero-order valence-electron chi connectivity index (χ0n) is 11.3. The summed E-state index contributed by atoms with van der Waals surface area (Å²) in [6, 6.07) is 6.04. The van der Waals surface area contributed by atoms with Crippen LogP contribution in [0.15, 0.2) is 29.2 Å². The quantitative estimate of drug-likeness (QED) is 0.855. The Hall–Kier alpha value is -0.950. The molecule has 112 valence electrons. The molecule has 0 radical (unpaired) electrons. The molecule has 1 aliphatic heterocycles. The maximum absolute atomic E-state index is 12.5. The molecule has 1 aliphatic rings. The van der Waals surface area contributed by atoms with Crippen molar-refractivity contribution in [2.45, 2.75) is 30.7 Å². The molecule has 7 heteroatoms. The van der Waals surface area contributed by atoms with E-state index in [2.05, 4.69) is 0 Å². The number of piperidine rings is 1. The lowest BCUT2D eigenvalue weighted by molar-refractivity contribution is 0.101. The molecule has 0 amide bonds. The van der Waals surface area contributed by atoms with E-state index < -0.39 is 10.0 Å². The summed E-state index contributed by atoms with van der Waals surface area (Å²) in [5, 5.41) is 0. The largest absolute Gasteiger partial charge is 0.327 e. The van der Waals surface area contributed by atoms with Gasteiger partial charge in [0.2, 0.25) is 10.0 Å². The minimum atomic E-state index is -3.55. The number of hydrogen-bond donors (Lipinski definition) is 1. The summed E-state index contributed by atoms with van der Waals surface area (Å²) in [5.41, 5.74) is 6.22. The van der Waals surface area contributed by atoms with Crippen LogP contribution in [0.2, 0.25) is 0 Å². The lowest BCUT2D eigenvalue weighted by Crippen LogP contribution is -2.45. The van der Waals surface area contributed by atoms with Gasteiger partial charge < -0.3 is 5.73 Å². The second-order valence-corrected chi connectivity index (χ2v) is 6.79. The summed E-state index contributed by atoms with van der Waals surface area (Å²) in [6.07, 6.45) is 1.62. The van der Waals surface area contributed by atoms with Crippen LogP contribution < -0.4 is 5.73 Å². The second-order valence-electron chi connectivity index (χ2n) is 4.85. The summed E-state index contributed by atoms with van der Waals surface area (Å²) in [4.78, 5) is 11.5. The Labute approximate surface area is 125 Å². The summed E-state index contributed by atoms with van der Waals surface area (Å²) in [7, 11) is -3.55. The molecule has 1 aromatic carbocycles. The maximum atomic E-state index is 12.5. The zero-order chi connectivity index (χ0) is 14.0. The van der Waals surface area contributed by atoms with E-state index in [1.54, 1.807) is 12.1 Å². The molecule has 0 aliphatic carbocycles. The van der Waals surface area contributed by atoms with Crippen LogP contribution >= 0.6 is 12.4 Å². The molecular weight excluding hydrogens is 300 g/mol. The number of benzene rings is 1. The first-order valence-corrected chi connectivity index (χ1v) is 7.72. The van der Waals surface area contributed by atoms with E-state index in [4.69, 9.17) is 5.73 Å². The van der Waals surface area contributed by atoms with E-state index in [-0.39, 0.29) is 29.1 Å². The Morgan fingerprint density at radius 2 is 2.10 bits per heavy atom. The fourth-order valence-electron chi connectivity index (χ4n) is 2.22. The van der Waals surface area contributed by atoms with E-state index in [0.29, 0.717) is 18.7 Å². The smallest absolute Gasteiger partial charge is 0.243 e. The molecule has 0 bridgehead atoms. The minimum Gasteiger partial charge on any atom is -0.327 e. The van der Waals surface area contributed by atoms with Crippen LogP contribution in [0.3, 0.4) is 0 Å². The van der Waals surface area contributed by atoms with Gasteiger partial charge in [-0.25, -0.2) is 8.42 Å². The molecule has 2 N–H and O–H groups in total. The van der Waals surface area contributed by atoms with Crippen LogP contribution in [-0.4, -0.2) is 37.6 Å². The van der Waals surface area contributed by atoms with Gasteiger partial charge in [0, 0.05) is 24.7 Å². The number of ketones is 1. The summed E-state index contributed by atoms with van der Waals surface area (Å²) in [6.45, 7) is 2.25. The fourth-order valence-corrected chi connectivity index (χ4v) is 3.80. The summed E-state index contributed by atoms with van der Waals surface area (Å²) >= 11 is 0. The molecule has 5 nitrogen and oxygen atoms in total. The second kappa shape index (κ2) is 6.67. The molecule has 0 aromatic heterocycles. The third kappa shape index (κ3) is 3.58. The average Bonchev–Trinajstić information content (AvgIpc) is 2.39. The highest BCUT2D eigenvalue weighted by Crippen LogP contribution is 2.21. The highest BCUT2D eigenvalue weighted by molar-refractivity contribution is 7.89. The highest BCUT2D eigenvalue weighted by atomic mass is 35.5. The van der Waals surface area contributed by atoms with Gasteiger partial charge in [-0.1, -0.05) is 12.1 Å². The van der Waals surface area contributed by atoms with Crippen LogP contribution in [0.4, 0.5) is 0 Å². The van der Waals surface area contributed by atoms with E-state index in [0.717, 1.165) is 12.8 Å². The number of carbonyl (C=O) groups is 1. The SMILES string of the molecule is CC(=O)c1cccc(S(=O)(=O)N2CCC[C@@H](N)C2)c1.Cl. The van der Waals surface area contributed by atoms with E-state index >= 15 is 0 Å². The van der Waals surface area contributed by atoms with Crippen molar-refractivity contribution in [1.29, 1.82) is 0 Å². The third-order valence-electron chi connectivity index (χ3n) is 3.30. The molecule has 1 aromatic rings. The molecule has 1 atom stereocenters. The van der Waals surface area contributed by atoms with Crippen molar-refractivity contribution in [2.24, 2.45) is 5.73 Å². The van der Waals surface area contributed by atoms with Crippen molar-refractivity contribution < 1.29 is 13.2 Å². The number of carbonyl (C=O) groups excluding carboxylic acids is 1. The highest BCUT2D eigenvalue weighted by Gasteiger charge is 2.29. The molecule has 2 rings (SSSR count). The maximum Gasteiger partial charge on any atom is 0.243 e. The predicted octanol–water partition coefficient (Wildman–Crippen LogP) is 1.42. The molecule has 20 heavy (non-hydrogen) atoms. The van der Waals surface area contributed by atoms with Crippen LogP contribution in [0.25, 0.3) is 0 Å². The van der Waals surface area contributed by atoms with Crippen LogP contribution in [0.5, 0.6) is 0 Å². The first-order chi connectivity index (χ1) is 8.91. The summed E-state index contributed by atoms with van der Waals surface area (Å²) < 4.78 is 26.3. The molecular formula is C13H19ClN2O3S. The Morgan fingerprint density at radius 1 is 1.40 bits per heavy atom. The molecule has 1 saturated heterocycles. The van der Waals surface area contributed by atoms with Crippen molar-refractivity contribution in [2.75, 3.05) is 13.1 Å². The van der Waals surface area contributed by atoms with Crippen molar-refractivity contribution in [3.05, 3.63) is 29.8 Å². The number of Topliss-reactive ketones (excluding diaryl/α,β-unsaturated/α-hetero) is 1. The molecule has 0 spiro atoms. The van der Waals surface area contributed by atoms with Gasteiger partial charge in [-0.3, -0.25) is 4.79 Å². The van der Waals surface area contributed by atoms with Gasteiger partial charge in [-0.2, -0.15) is 4.31 Å². The van der Waals surface area contributed by atoms with Crippen LogP contribution in [0, 0.1) is 0 Å². The van der Waals surface area contributed by atoms with E-state index in [9.17, 15) is 13.2 Å². The molecule has 1 fully saturated rings. The number of sulfonamides is 1. The Bertz CT molecular complexity index is 589. The zero-order valence-corrected chi connectivity index (χ0v) is 12.9. The van der Waals surface area contributed by atoms with Gasteiger partial charge in [0.05, 0.1) is 4.90 Å². The first kappa shape index (κ1) is 17.1. The van der Waals surface area contributed by atoms with Gasteiger partial charge >= 0.3 is 0 Å². The molecule has 1 heterocycles. The van der Waals surface area contributed by atoms with Gasteiger partial charge in [0.1, 0.15) is 0 Å². The number of hydrogen-bond acceptors (Lipinski definition) is 4. The van der Waals surface area contributed by atoms with E-state index in [1.807, 2.05) is 0 Å². The molecule has 0 saturated carbocycles. The topological polar surface area (TPSA) is 80.5 Å². The first-order valence-electron chi connectivity index (χ1n) is 6.28. The number of halogens is 1. The molecule has 0 unspecified atom stereocenters. The summed E-state index contributed by atoms with van der Waals surface area (Å²) in [5.74, 6) is -0.146. The van der Waals surface area contributed by atoms with Crippen molar-refractivity contribution in [3.8, 4) is 0 Å². The van der Waals surface area contributed by atoms with Crippen molar-refractivity contribution >= 4 is 28.2 Å². The van der Waals surface area contributed by atoms with Crippen molar-refractivity contribution in [1.82, 2.24) is 4.31 Å². The van der Waals surface area contributed by atoms with Gasteiger partial charge in [0.15, 0.2) is 5.78 Å². The van der Waals surface area contributed by atoms with Gasteiger partial charge in [-0.15, -0.1) is 12.4 Å². The minimum absolute atomic E-state index is 0. The number of rotatable bonds is 3. The Morgan fingerprint density at radius 3 is 2.70 bits per heavy atom.